The number of nitrogens with zero attached hydrogens (tertiary/aromatic N) is 2. The van der Waals surface area contributed by atoms with Gasteiger partial charge in [-0.1, -0.05) is 12.1 Å². The summed E-state index contributed by atoms with van der Waals surface area (Å²) in [5, 5.41) is 4.06. The molecule has 6 heteroatoms. The Labute approximate surface area is 128 Å². The number of allylic oxidation sites excluding steroid dienone is 1. The summed E-state index contributed by atoms with van der Waals surface area (Å²) in [5.41, 5.74) is 4.32. The molecule has 0 spiro atoms. The van der Waals surface area contributed by atoms with Gasteiger partial charge in [-0.15, -0.1) is 6.58 Å². The van der Waals surface area contributed by atoms with Crippen LogP contribution in [0.1, 0.15) is 12.0 Å². The number of hydrazone groups is 1. The summed E-state index contributed by atoms with van der Waals surface area (Å²) < 4.78 is 19.7. The molecule has 0 bridgehead atoms. The lowest BCUT2D eigenvalue weighted by Gasteiger charge is -2.29. The highest BCUT2D eigenvalue weighted by atomic mass is 19.1. The fourth-order valence-electron chi connectivity index (χ4n) is 2.75. The van der Waals surface area contributed by atoms with Crippen molar-refractivity contribution in [2.24, 2.45) is 11.0 Å². The third-order valence-corrected chi connectivity index (χ3v) is 3.94. The molecule has 0 unspecified atom stereocenters. The largest absolute Gasteiger partial charge is 0.378 e. The van der Waals surface area contributed by atoms with Crippen molar-refractivity contribution in [1.82, 2.24) is 5.43 Å². The van der Waals surface area contributed by atoms with Crippen molar-refractivity contribution < 1.29 is 13.9 Å². The smallest absolute Gasteiger partial charge is 0.241 e. The number of carbonyl (C=O) groups is 1. The monoisotopic (exact) mass is 303 g/mol. The minimum absolute atomic E-state index is 0.154. The van der Waals surface area contributed by atoms with E-state index < -0.39 is 0 Å². The standard InChI is InChI=1S/C16H18FN3O2/c1-2-11-10-15(21)18-19-16(11)12-3-4-14(13(17)9-12)20-5-7-22-8-6-20/h2-4,9,11H,1,5-8,10H2,(H,18,21)/t11-/m1/s1. The van der Waals surface area contributed by atoms with Crippen LogP contribution < -0.4 is 10.3 Å². The van der Waals surface area contributed by atoms with Gasteiger partial charge in [0.25, 0.3) is 0 Å². The van der Waals surface area contributed by atoms with Gasteiger partial charge in [0, 0.05) is 31.0 Å². The Morgan fingerprint density at radius 3 is 2.86 bits per heavy atom. The van der Waals surface area contributed by atoms with E-state index in [9.17, 15) is 9.18 Å². The zero-order valence-electron chi connectivity index (χ0n) is 12.2. The minimum Gasteiger partial charge on any atom is -0.378 e. The highest BCUT2D eigenvalue weighted by Crippen LogP contribution is 2.25. The Bertz CT molecular complexity index is 624. The van der Waals surface area contributed by atoms with Gasteiger partial charge in [-0.2, -0.15) is 5.10 Å². The molecule has 1 N–H and O–H groups in total. The molecule has 5 nitrogen and oxygen atoms in total. The molecule has 2 aliphatic rings. The molecule has 2 aliphatic heterocycles. The van der Waals surface area contributed by atoms with Gasteiger partial charge in [0.1, 0.15) is 5.82 Å². The molecule has 1 atom stereocenters. The maximum atomic E-state index is 14.4. The number of hydrogen-bond acceptors (Lipinski definition) is 4. The van der Waals surface area contributed by atoms with Crippen LogP contribution in [0, 0.1) is 11.7 Å². The number of hydrogen-bond donors (Lipinski definition) is 1. The van der Waals surface area contributed by atoms with Gasteiger partial charge in [-0.25, -0.2) is 9.82 Å². The van der Waals surface area contributed by atoms with Crippen molar-refractivity contribution in [2.75, 3.05) is 31.2 Å². The average Bonchev–Trinajstić information content (AvgIpc) is 2.55. The molecule has 116 valence electrons. The number of amides is 1. The fraction of sp³-hybridized carbons (Fsp3) is 0.375. The number of rotatable bonds is 3. The van der Waals surface area contributed by atoms with Gasteiger partial charge in [0.2, 0.25) is 5.91 Å². The lowest BCUT2D eigenvalue weighted by atomic mass is 9.92. The molecule has 22 heavy (non-hydrogen) atoms. The summed E-state index contributed by atoms with van der Waals surface area (Å²) in [4.78, 5) is 13.3. The van der Waals surface area contributed by atoms with Crippen LogP contribution in [0.4, 0.5) is 10.1 Å². The normalized spacial score (nSPS) is 22.0. The van der Waals surface area contributed by atoms with Crippen LogP contribution >= 0.6 is 0 Å². The van der Waals surface area contributed by atoms with Gasteiger partial charge in [0.15, 0.2) is 0 Å². The summed E-state index contributed by atoms with van der Waals surface area (Å²) in [6.45, 7) is 6.32. The van der Waals surface area contributed by atoms with Crippen LogP contribution in [0.5, 0.6) is 0 Å². The Morgan fingerprint density at radius 2 is 2.18 bits per heavy atom. The third kappa shape index (κ3) is 2.87. The number of benzene rings is 1. The summed E-state index contributed by atoms with van der Waals surface area (Å²) >= 11 is 0. The van der Waals surface area contributed by atoms with Crippen molar-refractivity contribution in [1.29, 1.82) is 0 Å². The molecule has 1 fully saturated rings. The molecule has 0 radical (unpaired) electrons. The quantitative estimate of drug-likeness (QED) is 0.865. The van der Waals surface area contributed by atoms with Crippen molar-refractivity contribution >= 4 is 17.3 Å². The van der Waals surface area contributed by atoms with E-state index in [0.717, 1.165) is 0 Å². The molecule has 1 amide bonds. The maximum Gasteiger partial charge on any atom is 0.241 e. The van der Waals surface area contributed by atoms with E-state index in [1.165, 1.54) is 6.07 Å². The number of halogens is 1. The van der Waals surface area contributed by atoms with Crippen LogP contribution in [0.2, 0.25) is 0 Å². The Hall–Kier alpha value is -2.21. The molecule has 1 saturated heterocycles. The van der Waals surface area contributed by atoms with E-state index in [1.807, 2.05) is 11.0 Å². The first-order valence-corrected chi connectivity index (χ1v) is 7.30. The Kier molecular flexibility index (Phi) is 4.20. The molecule has 0 aliphatic carbocycles. The number of nitrogens with one attached hydrogen (secondary N) is 1. The molecule has 1 aromatic rings. The second-order valence-electron chi connectivity index (χ2n) is 5.34. The molecule has 3 rings (SSSR count). The predicted molar refractivity (Wildman–Crippen MR) is 82.4 cm³/mol. The van der Waals surface area contributed by atoms with Crippen molar-refractivity contribution in [3.05, 3.63) is 42.2 Å². The highest BCUT2D eigenvalue weighted by molar-refractivity contribution is 6.07. The summed E-state index contributed by atoms with van der Waals surface area (Å²) in [6, 6.07) is 5.06. The summed E-state index contributed by atoms with van der Waals surface area (Å²) in [7, 11) is 0. The first kappa shape index (κ1) is 14.7. The van der Waals surface area contributed by atoms with Crippen LogP contribution in [0.3, 0.4) is 0 Å². The van der Waals surface area contributed by atoms with Crippen LogP contribution in [-0.2, 0) is 9.53 Å². The van der Waals surface area contributed by atoms with E-state index in [4.69, 9.17) is 4.74 Å². The van der Waals surface area contributed by atoms with Crippen molar-refractivity contribution in [2.45, 2.75) is 6.42 Å². The zero-order chi connectivity index (χ0) is 15.5. The SMILES string of the molecule is C=C[C@@H]1CC(=O)NN=C1c1ccc(N2CCOCC2)c(F)c1. The molecular weight excluding hydrogens is 285 g/mol. The number of ether oxygens (including phenoxy) is 1. The molecule has 1 aromatic carbocycles. The van der Waals surface area contributed by atoms with E-state index >= 15 is 0 Å². The fourth-order valence-corrected chi connectivity index (χ4v) is 2.75. The molecule has 2 heterocycles. The topological polar surface area (TPSA) is 53.9 Å². The van der Waals surface area contributed by atoms with E-state index in [-0.39, 0.29) is 24.1 Å². The van der Waals surface area contributed by atoms with Crippen LogP contribution in [-0.4, -0.2) is 37.9 Å². The Morgan fingerprint density at radius 1 is 1.41 bits per heavy atom. The number of morpholine rings is 1. The average molecular weight is 303 g/mol. The molecular formula is C16H18FN3O2. The van der Waals surface area contributed by atoms with Gasteiger partial charge in [0.05, 0.1) is 24.6 Å². The first-order valence-electron chi connectivity index (χ1n) is 7.30. The van der Waals surface area contributed by atoms with E-state index in [2.05, 4.69) is 17.1 Å². The van der Waals surface area contributed by atoms with E-state index in [1.54, 1.807) is 12.1 Å². The second kappa shape index (κ2) is 6.27. The number of carbonyl (C=O) groups excluding carboxylic acids is 1. The molecule has 0 aromatic heterocycles. The lowest BCUT2D eigenvalue weighted by Crippen LogP contribution is -2.37. The predicted octanol–water partition coefficient (Wildman–Crippen LogP) is 1.69. The zero-order valence-corrected chi connectivity index (χ0v) is 12.2. The van der Waals surface area contributed by atoms with E-state index in [0.29, 0.717) is 43.3 Å². The van der Waals surface area contributed by atoms with Crippen molar-refractivity contribution in [3.63, 3.8) is 0 Å². The summed E-state index contributed by atoms with van der Waals surface area (Å²) in [5.74, 6) is -0.636. The Balaban J connectivity index is 1.88. The lowest BCUT2D eigenvalue weighted by molar-refractivity contribution is -0.121. The molecule has 0 saturated carbocycles. The van der Waals surface area contributed by atoms with Gasteiger partial charge in [-0.05, 0) is 12.1 Å². The third-order valence-electron chi connectivity index (χ3n) is 3.94. The maximum absolute atomic E-state index is 14.4. The van der Waals surface area contributed by atoms with Crippen LogP contribution in [0.25, 0.3) is 0 Å². The highest BCUT2D eigenvalue weighted by Gasteiger charge is 2.24. The first-order chi connectivity index (χ1) is 10.7. The second-order valence-corrected chi connectivity index (χ2v) is 5.34. The number of anilines is 1. The van der Waals surface area contributed by atoms with Gasteiger partial charge >= 0.3 is 0 Å². The van der Waals surface area contributed by atoms with Crippen LogP contribution in [0.15, 0.2) is 36.0 Å². The van der Waals surface area contributed by atoms with Gasteiger partial charge in [-0.3, -0.25) is 4.79 Å². The van der Waals surface area contributed by atoms with Gasteiger partial charge < -0.3 is 9.64 Å². The summed E-state index contributed by atoms with van der Waals surface area (Å²) in [6.07, 6.45) is 1.96. The van der Waals surface area contributed by atoms with Crippen molar-refractivity contribution in [3.8, 4) is 0 Å². The minimum atomic E-state index is -0.290.